The summed E-state index contributed by atoms with van der Waals surface area (Å²) < 4.78 is 32.9. The summed E-state index contributed by atoms with van der Waals surface area (Å²) in [4.78, 5) is 25.1. The van der Waals surface area contributed by atoms with Gasteiger partial charge in [-0.05, 0) is 54.5 Å². The van der Waals surface area contributed by atoms with Gasteiger partial charge in [0, 0.05) is 10.6 Å². The van der Waals surface area contributed by atoms with E-state index in [1.807, 2.05) is 12.1 Å². The number of hydrogen-bond donors (Lipinski definition) is 1. The van der Waals surface area contributed by atoms with Crippen molar-refractivity contribution in [1.29, 1.82) is 0 Å². The Balaban J connectivity index is 1.60. The lowest BCUT2D eigenvalue weighted by atomic mass is 9.84. The van der Waals surface area contributed by atoms with Crippen LogP contribution < -0.4 is 4.72 Å². The third kappa shape index (κ3) is 6.88. The van der Waals surface area contributed by atoms with E-state index in [2.05, 4.69) is 4.72 Å². The van der Waals surface area contributed by atoms with Crippen LogP contribution in [0.1, 0.15) is 67.8 Å². The monoisotopic (exact) mass is 491 g/mol. The van der Waals surface area contributed by atoms with Crippen LogP contribution in [0.25, 0.3) is 0 Å². The molecule has 1 fully saturated rings. The number of ether oxygens (including phenoxy) is 1. The van der Waals surface area contributed by atoms with E-state index in [4.69, 9.17) is 16.3 Å². The topological polar surface area (TPSA) is 89.5 Å². The van der Waals surface area contributed by atoms with Gasteiger partial charge in [-0.25, -0.2) is 8.42 Å². The van der Waals surface area contributed by atoms with Crippen molar-refractivity contribution in [1.82, 2.24) is 4.72 Å². The Morgan fingerprint density at radius 2 is 1.61 bits per heavy atom. The van der Waals surface area contributed by atoms with Crippen molar-refractivity contribution in [3.05, 3.63) is 64.7 Å². The average Bonchev–Trinajstić information content (AvgIpc) is 2.81. The van der Waals surface area contributed by atoms with E-state index >= 15 is 0 Å². The molecular weight excluding hydrogens is 462 g/mol. The largest absolute Gasteiger partial charge is 0.456 e. The van der Waals surface area contributed by atoms with Gasteiger partial charge in [-0.2, -0.15) is 4.72 Å². The van der Waals surface area contributed by atoms with Crippen molar-refractivity contribution in [3.8, 4) is 0 Å². The minimum Gasteiger partial charge on any atom is -0.456 e. The van der Waals surface area contributed by atoms with Gasteiger partial charge >= 0.3 is 5.97 Å². The number of sulfonamides is 1. The van der Waals surface area contributed by atoms with Crippen molar-refractivity contribution in [2.75, 3.05) is 6.61 Å². The molecule has 33 heavy (non-hydrogen) atoms. The summed E-state index contributed by atoms with van der Waals surface area (Å²) in [5.74, 6) is -0.970. The number of esters is 1. The highest BCUT2D eigenvalue weighted by Crippen LogP contribution is 2.32. The lowest BCUT2D eigenvalue weighted by molar-refractivity contribution is -0.145. The summed E-state index contributed by atoms with van der Waals surface area (Å²) in [5, 5.41) is 0.402. The van der Waals surface area contributed by atoms with Crippen LogP contribution in [-0.2, 0) is 19.6 Å². The first kappa shape index (κ1) is 25.4. The molecule has 0 bridgehead atoms. The van der Waals surface area contributed by atoms with Gasteiger partial charge in [-0.3, -0.25) is 9.59 Å². The molecule has 0 amide bonds. The highest BCUT2D eigenvalue weighted by molar-refractivity contribution is 7.89. The van der Waals surface area contributed by atoms with Crippen LogP contribution in [0.2, 0.25) is 5.02 Å². The maximum atomic E-state index is 12.7. The lowest BCUT2D eigenvalue weighted by Gasteiger charge is -2.22. The van der Waals surface area contributed by atoms with Crippen molar-refractivity contribution >= 4 is 33.4 Å². The van der Waals surface area contributed by atoms with Crippen LogP contribution in [0, 0.1) is 5.92 Å². The molecule has 0 spiro atoms. The number of carbonyl (C=O) groups is 2. The molecule has 6 nitrogen and oxygen atoms in total. The molecule has 1 aliphatic carbocycles. The van der Waals surface area contributed by atoms with Crippen LogP contribution in [0.3, 0.4) is 0 Å². The van der Waals surface area contributed by atoms with Gasteiger partial charge in [-0.1, -0.05) is 69.0 Å². The fourth-order valence-electron chi connectivity index (χ4n) is 3.99. The SMILES string of the molecule is CC(C)C(NS(=O)(=O)c1ccc(Cl)cc1)C(=O)OCC(=O)c1ccc(C2CCCCC2)cc1. The predicted octanol–water partition coefficient (Wildman–Crippen LogP) is 5.12. The molecule has 178 valence electrons. The summed E-state index contributed by atoms with van der Waals surface area (Å²) in [7, 11) is -3.97. The smallest absolute Gasteiger partial charge is 0.324 e. The second-order valence-electron chi connectivity index (χ2n) is 8.78. The van der Waals surface area contributed by atoms with Crippen molar-refractivity contribution < 1.29 is 22.7 Å². The molecule has 1 N–H and O–H groups in total. The zero-order valence-electron chi connectivity index (χ0n) is 18.9. The Hall–Kier alpha value is -2.22. The van der Waals surface area contributed by atoms with E-state index in [-0.39, 0.29) is 16.6 Å². The van der Waals surface area contributed by atoms with E-state index in [1.165, 1.54) is 61.9 Å². The Morgan fingerprint density at radius 1 is 1.00 bits per heavy atom. The molecule has 0 heterocycles. The molecule has 1 unspecified atom stereocenters. The summed E-state index contributed by atoms with van der Waals surface area (Å²) >= 11 is 5.82. The van der Waals surface area contributed by atoms with E-state index < -0.39 is 28.6 Å². The average molecular weight is 492 g/mol. The number of Topliss-reactive ketones (excluding diaryl/α,β-unsaturated/α-hetero) is 1. The highest BCUT2D eigenvalue weighted by Gasteiger charge is 2.30. The summed E-state index contributed by atoms with van der Waals surface area (Å²) in [6.45, 7) is 2.94. The standard InChI is InChI=1S/C25H30ClNO5S/c1-17(2)24(27-33(30,31)22-14-12-21(26)13-15-22)25(29)32-16-23(28)20-10-8-19(9-11-20)18-6-4-3-5-7-18/h8-15,17-18,24,27H,3-7,16H2,1-2H3. The molecule has 8 heteroatoms. The van der Waals surface area contributed by atoms with Crippen LogP contribution in [0.4, 0.5) is 0 Å². The maximum absolute atomic E-state index is 12.7. The third-order valence-electron chi connectivity index (χ3n) is 5.98. The predicted molar refractivity (Wildman–Crippen MR) is 128 cm³/mol. The zero-order valence-corrected chi connectivity index (χ0v) is 20.5. The van der Waals surface area contributed by atoms with E-state index in [0.29, 0.717) is 16.5 Å². The van der Waals surface area contributed by atoms with Crippen molar-refractivity contribution in [2.24, 2.45) is 5.92 Å². The molecule has 0 saturated heterocycles. The second kappa shape index (κ2) is 11.3. The number of hydrogen-bond acceptors (Lipinski definition) is 5. The summed E-state index contributed by atoms with van der Waals surface area (Å²) in [6.07, 6.45) is 6.10. The van der Waals surface area contributed by atoms with Crippen LogP contribution in [0.15, 0.2) is 53.4 Å². The van der Waals surface area contributed by atoms with Gasteiger partial charge in [0.05, 0.1) is 4.90 Å². The van der Waals surface area contributed by atoms with Crippen LogP contribution in [0.5, 0.6) is 0 Å². The van der Waals surface area contributed by atoms with Gasteiger partial charge in [0.25, 0.3) is 0 Å². The third-order valence-corrected chi connectivity index (χ3v) is 7.69. The number of ketones is 1. The molecule has 0 radical (unpaired) electrons. The first-order valence-corrected chi connectivity index (χ1v) is 13.1. The number of nitrogens with one attached hydrogen (secondary N) is 1. The molecular formula is C25H30ClNO5S. The van der Waals surface area contributed by atoms with E-state index in [0.717, 1.165) is 0 Å². The summed E-state index contributed by atoms with van der Waals surface area (Å²) in [5.41, 5.74) is 1.70. The molecule has 2 aromatic carbocycles. The minimum absolute atomic E-state index is 0.0144. The minimum atomic E-state index is -3.97. The highest BCUT2D eigenvalue weighted by atomic mass is 35.5. The molecule has 0 aliphatic heterocycles. The fraction of sp³-hybridized carbons (Fsp3) is 0.440. The number of halogens is 1. The number of carbonyl (C=O) groups excluding carboxylic acids is 2. The fourth-order valence-corrected chi connectivity index (χ4v) is 5.45. The molecule has 2 aromatic rings. The van der Waals surface area contributed by atoms with Gasteiger partial charge < -0.3 is 4.74 Å². The quantitative estimate of drug-likeness (QED) is 0.388. The molecule has 0 aromatic heterocycles. The van der Waals surface area contributed by atoms with Crippen LogP contribution in [-0.4, -0.2) is 32.8 Å². The number of rotatable bonds is 9. The first-order valence-electron chi connectivity index (χ1n) is 11.2. The van der Waals surface area contributed by atoms with Crippen molar-refractivity contribution in [2.45, 2.75) is 62.8 Å². The summed E-state index contributed by atoms with van der Waals surface area (Å²) in [6, 6.07) is 12.0. The Morgan fingerprint density at radius 3 is 2.18 bits per heavy atom. The zero-order chi connectivity index (χ0) is 24.0. The molecule has 1 saturated carbocycles. The Labute approximate surface area is 200 Å². The number of benzene rings is 2. The van der Waals surface area contributed by atoms with Crippen LogP contribution >= 0.6 is 11.6 Å². The molecule has 3 rings (SSSR count). The van der Waals surface area contributed by atoms with E-state index in [9.17, 15) is 18.0 Å². The lowest BCUT2D eigenvalue weighted by Crippen LogP contribution is -2.45. The Bertz CT molecular complexity index is 1060. The molecule has 1 aliphatic rings. The van der Waals surface area contributed by atoms with Gasteiger partial charge in [0.15, 0.2) is 12.4 Å². The van der Waals surface area contributed by atoms with Gasteiger partial charge in [-0.15, -0.1) is 0 Å². The van der Waals surface area contributed by atoms with Crippen molar-refractivity contribution in [3.63, 3.8) is 0 Å². The normalized spacial score (nSPS) is 15.9. The first-order chi connectivity index (χ1) is 15.7. The van der Waals surface area contributed by atoms with E-state index in [1.54, 1.807) is 26.0 Å². The Kier molecular flexibility index (Phi) is 8.68. The second-order valence-corrected chi connectivity index (χ2v) is 10.9. The molecule has 1 atom stereocenters. The maximum Gasteiger partial charge on any atom is 0.324 e. The van der Waals surface area contributed by atoms with Gasteiger partial charge in [0.1, 0.15) is 6.04 Å². The van der Waals surface area contributed by atoms with Gasteiger partial charge in [0.2, 0.25) is 10.0 Å².